The minimum absolute atomic E-state index is 0.482. The van der Waals surface area contributed by atoms with Gasteiger partial charge in [0.25, 0.3) is 0 Å². The van der Waals surface area contributed by atoms with Crippen molar-refractivity contribution in [2.24, 2.45) is 5.92 Å². The zero-order chi connectivity index (χ0) is 12.8. The van der Waals surface area contributed by atoms with Crippen molar-refractivity contribution in [2.45, 2.75) is 63.9 Å². The van der Waals surface area contributed by atoms with Crippen LogP contribution in [0.4, 0.5) is 0 Å². The van der Waals surface area contributed by atoms with E-state index in [0.717, 1.165) is 25.2 Å². The molecule has 2 rings (SSSR count). The van der Waals surface area contributed by atoms with Gasteiger partial charge in [-0.05, 0) is 42.9 Å². The van der Waals surface area contributed by atoms with Crippen molar-refractivity contribution < 1.29 is 5.11 Å². The number of rotatable bonds is 4. The first-order chi connectivity index (χ1) is 8.72. The van der Waals surface area contributed by atoms with E-state index in [1.165, 1.54) is 37.7 Å². The van der Waals surface area contributed by atoms with Gasteiger partial charge in [0.05, 0.1) is 5.60 Å². The number of aliphatic hydroxyl groups is 1. The topological polar surface area (TPSA) is 33.1 Å². The van der Waals surface area contributed by atoms with Crippen molar-refractivity contribution in [1.82, 2.24) is 4.98 Å². The van der Waals surface area contributed by atoms with E-state index in [0.29, 0.717) is 0 Å². The Balaban J connectivity index is 1.95. The smallest absolute Gasteiger partial charge is 0.0688 e. The van der Waals surface area contributed by atoms with E-state index in [-0.39, 0.29) is 0 Å². The molecule has 1 N–H and O–H groups in total. The molecule has 18 heavy (non-hydrogen) atoms. The molecule has 2 nitrogen and oxygen atoms in total. The molecule has 0 spiro atoms. The second kappa shape index (κ2) is 6.33. The van der Waals surface area contributed by atoms with Gasteiger partial charge < -0.3 is 5.11 Å². The first-order valence-corrected chi connectivity index (χ1v) is 7.33. The second-order valence-corrected chi connectivity index (χ2v) is 5.84. The molecule has 2 unspecified atom stereocenters. The van der Waals surface area contributed by atoms with Crippen molar-refractivity contribution >= 4 is 0 Å². The first-order valence-electron chi connectivity index (χ1n) is 7.33. The fraction of sp³-hybridized carbons (Fsp3) is 0.688. The van der Waals surface area contributed by atoms with Crippen LogP contribution in [0.15, 0.2) is 24.5 Å². The molecular weight excluding hydrogens is 222 g/mol. The first kappa shape index (κ1) is 13.5. The van der Waals surface area contributed by atoms with Gasteiger partial charge in [0.15, 0.2) is 0 Å². The Morgan fingerprint density at radius 2 is 2.06 bits per heavy atom. The molecule has 0 radical (unpaired) electrons. The lowest BCUT2D eigenvalue weighted by atomic mass is 9.87. The highest BCUT2D eigenvalue weighted by atomic mass is 16.3. The van der Waals surface area contributed by atoms with Gasteiger partial charge in [0.1, 0.15) is 0 Å². The van der Waals surface area contributed by atoms with E-state index >= 15 is 0 Å². The highest BCUT2D eigenvalue weighted by molar-refractivity contribution is 5.13. The summed E-state index contributed by atoms with van der Waals surface area (Å²) in [5.74, 6) is 0.835. The fourth-order valence-corrected chi connectivity index (χ4v) is 3.22. The van der Waals surface area contributed by atoms with Crippen molar-refractivity contribution in [3.8, 4) is 0 Å². The maximum absolute atomic E-state index is 10.8. The molecule has 1 fully saturated rings. The van der Waals surface area contributed by atoms with Gasteiger partial charge in [-0.2, -0.15) is 0 Å². The van der Waals surface area contributed by atoms with Crippen LogP contribution in [0.2, 0.25) is 0 Å². The molecule has 0 bridgehead atoms. The summed E-state index contributed by atoms with van der Waals surface area (Å²) < 4.78 is 0. The SMILES string of the molecule is CCCC1CCCC(O)(Cc2ccncc2)CC1. The standard InChI is InChI=1S/C16H25NO/c1-2-4-14-5-3-9-16(18,10-6-14)13-15-7-11-17-12-8-15/h7-8,11-12,14,18H,2-6,9-10,13H2,1H3. The molecule has 2 atom stereocenters. The molecule has 1 aromatic rings. The Morgan fingerprint density at radius 1 is 1.28 bits per heavy atom. The van der Waals surface area contributed by atoms with Crippen LogP contribution in [-0.4, -0.2) is 15.7 Å². The number of aromatic nitrogens is 1. The van der Waals surface area contributed by atoms with Crippen LogP contribution in [0.25, 0.3) is 0 Å². The Bertz CT molecular complexity index is 351. The van der Waals surface area contributed by atoms with Gasteiger partial charge in [-0.1, -0.05) is 32.6 Å². The highest BCUT2D eigenvalue weighted by Crippen LogP contribution is 2.34. The second-order valence-electron chi connectivity index (χ2n) is 5.84. The summed E-state index contributed by atoms with van der Waals surface area (Å²) in [6.45, 7) is 2.26. The number of hydrogen-bond donors (Lipinski definition) is 1. The van der Waals surface area contributed by atoms with Gasteiger partial charge in [0.2, 0.25) is 0 Å². The van der Waals surface area contributed by atoms with Crippen LogP contribution in [0, 0.1) is 5.92 Å². The molecule has 0 aromatic carbocycles. The summed E-state index contributed by atoms with van der Waals surface area (Å²) in [4.78, 5) is 4.03. The van der Waals surface area contributed by atoms with E-state index < -0.39 is 5.60 Å². The average Bonchev–Trinajstić information content (AvgIpc) is 2.54. The average molecular weight is 247 g/mol. The lowest BCUT2D eigenvalue weighted by molar-refractivity contribution is 0.0241. The molecule has 1 saturated carbocycles. The summed E-state index contributed by atoms with van der Waals surface area (Å²) in [6, 6.07) is 4.04. The van der Waals surface area contributed by atoms with Gasteiger partial charge in [0, 0.05) is 18.8 Å². The molecule has 1 heterocycles. The molecule has 100 valence electrons. The van der Waals surface area contributed by atoms with Crippen LogP contribution >= 0.6 is 0 Å². The van der Waals surface area contributed by atoms with Crippen molar-refractivity contribution in [3.05, 3.63) is 30.1 Å². The quantitative estimate of drug-likeness (QED) is 0.822. The Hall–Kier alpha value is -0.890. The Kier molecular flexibility index (Phi) is 4.76. The van der Waals surface area contributed by atoms with Gasteiger partial charge >= 0.3 is 0 Å². The minimum Gasteiger partial charge on any atom is -0.390 e. The summed E-state index contributed by atoms with van der Waals surface area (Å²) in [5, 5.41) is 10.8. The van der Waals surface area contributed by atoms with Crippen LogP contribution in [-0.2, 0) is 6.42 Å². The lowest BCUT2D eigenvalue weighted by Crippen LogP contribution is -2.30. The predicted octanol–water partition coefficient (Wildman–Crippen LogP) is 3.74. The Morgan fingerprint density at radius 3 is 2.78 bits per heavy atom. The summed E-state index contributed by atoms with van der Waals surface area (Å²) in [7, 11) is 0. The van der Waals surface area contributed by atoms with E-state index in [1.807, 2.05) is 24.5 Å². The zero-order valence-electron chi connectivity index (χ0n) is 11.4. The molecular formula is C16H25NO. The maximum Gasteiger partial charge on any atom is 0.0688 e. The minimum atomic E-state index is -0.482. The number of pyridine rings is 1. The number of nitrogens with zero attached hydrogens (tertiary/aromatic N) is 1. The third-order valence-corrected chi connectivity index (χ3v) is 4.25. The fourth-order valence-electron chi connectivity index (χ4n) is 3.22. The van der Waals surface area contributed by atoms with E-state index in [9.17, 15) is 5.11 Å². The third-order valence-electron chi connectivity index (χ3n) is 4.25. The van der Waals surface area contributed by atoms with Crippen LogP contribution < -0.4 is 0 Å². The molecule has 1 aliphatic carbocycles. The summed E-state index contributed by atoms with van der Waals surface area (Å²) in [6.07, 6.45) is 12.6. The van der Waals surface area contributed by atoms with Crippen molar-refractivity contribution in [1.29, 1.82) is 0 Å². The molecule has 1 aliphatic rings. The van der Waals surface area contributed by atoms with Crippen LogP contribution in [0.3, 0.4) is 0 Å². The van der Waals surface area contributed by atoms with Crippen molar-refractivity contribution in [3.63, 3.8) is 0 Å². The molecule has 1 aromatic heterocycles. The van der Waals surface area contributed by atoms with E-state index in [2.05, 4.69) is 11.9 Å². The molecule has 0 amide bonds. The van der Waals surface area contributed by atoms with Gasteiger partial charge in [-0.25, -0.2) is 0 Å². The molecule has 2 heteroatoms. The maximum atomic E-state index is 10.8. The predicted molar refractivity (Wildman–Crippen MR) is 74.4 cm³/mol. The molecule has 0 aliphatic heterocycles. The number of hydrogen-bond acceptors (Lipinski definition) is 2. The van der Waals surface area contributed by atoms with E-state index in [1.54, 1.807) is 0 Å². The molecule has 0 saturated heterocycles. The van der Waals surface area contributed by atoms with Gasteiger partial charge in [-0.3, -0.25) is 4.98 Å². The van der Waals surface area contributed by atoms with Crippen LogP contribution in [0.5, 0.6) is 0 Å². The van der Waals surface area contributed by atoms with E-state index in [4.69, 9.17) is 0 Å². The summed E-state index contributed by atoms with van der Waals surface area (Å²) >= 11 is 0. The van der Waals surface area contributed by atoms with Gasteiger partial charge in [-0.15, -0.1) is 0 Å². The highest BCUT2D eigenvalue weighted by Gasteiger charge is 2.30. The normalized spacial score (nSPS) is 28.9. The van der Waals surface area contributed by atoms with Crippen molar-refractivity contribution in [2.75, 3.05) is 0 Å². The summed E-state index contributed by atoms with van der Waals surface area (Å²) in [5.41, 5.74) is 0.727. The third kappa shape index (κ3) is 3.81. The monoisotopic (exact) mass is 247 g/mol. The van der Waals surface area contributed by atoms with Crippen LogP contribution in [0.1, 0.15) is 57.4 Å². The lowest BCUT2D eigenvalue weighted by Gasteiger charge is -2.27. The Labute approximate surface area is 110 Å². The largest absolute Gasteiger partial charge is 0.390 e. The zero-order valence-corrected chi connectivity index (χ0v) is 11.4.